The minimum Gasteiger partial charge on any atom is -0.480 e. The number of nitrogens with one attached hydrogen (secondary N) is 2. The summed E-state index contributed by atoms with van der Waals surface area (Å²) in [7, 11) is 0. The number of carbonyl (C=O) groups excluding carboxylic acids is 3. The molecule has 5 rings (SSSR count). The molecule has 1 aliphatic heterocycles. The first-order valence-corrected chi connectivity index (χ1v) is 14.5. The first-order chi connectivity index (χ1) is 20.8. The molecule has 0 radical (unpaired) electrons. The highest BCUT2D eigenvalue weighted by Crippen LogP contribution is 2.44. The molecular formula is C33H35N3O7. The van der Waals surface area contributed by atoms with E-state index in [-0.39, 0.29) is 25.7 Å². The van der Waals surface area contributed by atoms with Crippen molar-refractivity contribution in [3.05, 3.63) is 95.6 Å². The highest BCUT2D eigenvalue weighted by Gasteiger charge is 2.39. The molecule has 10 heteroatoms. The number of piperidine rings is 1. The summed E-state index contributed by atoms with van der Waals surface area (Å²) >= 11 is 0. The zero-order chi connectivity index (χ0) is 30.3. The van der Waals surface area contributed by atoms with E-state index >= 15 is 0 Å². The van der Waals surface area contributed by atoms with Crippen molar-refractivity contribution in [1.29, 1.82) is 0 Å². The lowest BCUT2D eigenvalue weighted by Gasteiger charge is -2.37. The lowest BCUT2D eigenvalue weighted by atomic mass is 9.98. The summed E-state index contributed by atoms with van der Waals surface area (Å²) in [6, 6.07) is 21.8. The van der Waals surface area contributed by atoms with Crippen LogP contribution in [0.1, 0.15) is 48.8 Å². The summed E-state index contributed by atoms with van der Waals surface area (Å²) in [5.41, 5.74) is 5.07. The average molecular weight is 586 g/mol. The van der Waals surface area contributed by atoms with E-state index in [2.05, 4.69) is 10.6 Å². The molecule has 3 aromatic rings. The van der Waals surface area contributed by atoms with Crippen molar-refractivity contribution < 1.29 is 33.8 Å². The summed E-state index contributed by atoms with van der Waals surface area (Å²) < 4.78 is 11.0. The molecule has 3 aromatic carbocycles. The fraction of sp³-hybridized carbons (Fsp3) is 0.333. The molecule has 3 atom stereocenters. The Morgan fingerprint density at radius 2 is 1.44 bits per heavy atom. The number of alkyl carbamates (subject to hydrolysis) is 2. The number of rotatable bonds is 9. The van der Waals surface area contributed by atoms with E-state index in [9.17, 15) is 24.3 Å². The first kappa shape index (κ1) is 29.6. The predicted octanol–water partition coefficient (Wildman–Crippen LogP) is 4.67. The Bertz CT molecular complexity index is 1430. The highest BCUT2D eigenvalue weighted by atomic mass is 16.6. The van der Waals surface area contributed by atoms with Gasteiger partial charge in [-0.2, -0.15) is 0 Å². The summed E-state index contributed by atoms with van der Waals surface area (Å²) in [5.74, 6) is -1.88. The molecule has 1 fully saturated rings. The normalized spacial score (nSPS) is 17.1. The van der Waals surface area contributed by atoms with Crippen LogP contribution in [0.15, 0.2) is 78.9 Å². The quantitative estimate of drug-likeness (QED) is 0.332. The maximum absolute atomic E-state index is 13.7. The molecule has 1 saturated heterocycles. The van der Waals surface area contributed by atoms with E-state index in [0.29, 0.717) is 19.3 Å². The van der Waals surface area contributed by atoms with Gasteiger partial charge in [-0.25, -0.2) is 14.4 Å². The topological polar surface area (TPSA) is 134 Å². The third-order valence-corrected chi connectivity index (χ3v) is 8.01. The maximum atomic E-state index is 13.7. The number of benzene rings is 3. The molecule has 0 saturated carbocycles. The fourth-order valence-electron chi connectivity index (χ4n) is 5.83. The fourth-order valence-corrected chi connectivity index (χ4v) is 5.83. The van der Waals surface area contributed by atoms with Gasteiger partial charge >= 0.3 is 18.2 Å². The van der Waals surface area contributed by atoms with E-state index in [1.54, 1.807) is 19.1 Å². The molecule has 1 heterocycles. The van der Waals surface area contributed by atoms with Crippen LogP contribution in [-0.4, -0.2) is 65.3 Å². The average Bonchev–Trinajstić information content (AvgIpc) is 3.35. The van der Waals surface area contributed by atoms with Crippen LogP contribution in [0.2, 0.25) is 0 Å². The Balaban J connectivity index is 1.27. The second-order valence-electron chi connectivity index (χ2n) is 10.8. The number of ether oxygens (including phenoxy) is 2. The number of carbonyl (C=O) groups is 4. The van der Waals surface area contributed by atoms with Gasteiger partial charge in [0.05, 0.1) is 6.04 Å². The van der Waals surface area contributed by atoms with Crippen LogP contribution >= 0.6 is 0 Å². The third-order valence-electron chi connectivity index (χ3n) is 8.01. The molecule has 3 N–H and O–H groups in total. The molecule has 0 spiro atoms. The van der Waals surface area contributed by atoms with E-state index < -0.39 is 42.2 Å². The Labute approximate surface area is 250 Å². The van der Waals surface area contributed by atoms with Gasteiger partial charge in [0.1, 0.15) is 25.3 Å². The SMILES string of the molecule is C[C@@H](NC(=O)OCC1c2ccccc2-c2ccccc21)[C@@H](NC(=O)OCc1ccccc1)C(=O)N1CCCC[C@H]1C(=O)O. The molecule has 1 aliphatic carbocycles. The lowest BCUT2D eigenvalue weighted by molar-refractivity contribution is -0.153. The summed E-state index contributed by atoms with van der Waals surface area (Å²) in [5, 5.41) is 15.0. The van der Waals surface area contributed by atoms with Gasteiger partial charge in [-0.3, -0.25) is 4.79 Å². The number of carboxylic acids is 1. The number of aliphatic carboxylic acids is 1. The molecule has 43 heavy (non-hydrogen) atoms. The second kappa shape index (κ2) is 13.4. The van der Waals surface area contributed by atoms with Crippen molar-refractivity contribution in [3.63, 3.8) is 0 Å². The first-order valence-electron chi connectivity index (χ1n) is 14.5. The largest absolute Gasteiger partial charge is 0.480 e. The molecule has 0 aromatic heterocycles. The Morgan fingerprint density at radius 3 is 2.09 bits per heavy atom. The second-order valence-corrected chi connectivity index (χ2v) is 10.8. The monoisotopic (exact) mass is 585 g/mol. The molecule has 0 bridgehead atoms. The molecule has 0 unspecified atom stereocenters. The Kier molecular flexibility index (Phi) is 9.24. The molecular weight excluding hydrogens is 550 g/mol. The van der Waals surface area contributed by atoms with Crippen LogP contribution in [0, 0.1) is 0 Å². The summed E-state index contributed by atoms with van der Waals surface area (Å²) in [6.07, 6.45) is -0.0202. The summed E-state index contributed by atoms with van der Waals surface area (Å²) in [4.78, 5) is 52.7. The Hall–Kier alpha value is -4.86. The van der Waals surface area contributed by atoms with Crippen LogP contribution in [0.25, 0.3) is 11.1 Å². The van der Waals surface area contributed by atoms with Crippen LogP contribution in [0.5, 0.6) is 0 Å². The predicted molar refractivity (Wildman–Crippen MR) is 158 cm³/mol. The van der Waals surface area contributed by atoms with E-state index in [1.165, 1.54) is 4.90 Å². The number of hydrogen-bond donors (Lipinski definition) is 3. The van der Waals surface area contributed by atoms with Crippen molar-refractivity contribution in [2.45, 2.75) is 56.8 Å². The van der Waals surface area contributed by atoms with Crippen molar-refractivity contribution >= 4 is 24.1 Å². The van der Waals surface area contributed by atoms with Gasteiger partial charge in [-0.05, 0) is 54.0 Å². The smallest absolute Gasteiger partial charge is 0.408 e. The number of fused-ring (bicyclic) bond motifs is 3. The number of amides is 3. The van der Waals surface area contributed by atoms with E-state index in [1.807, 2.05) is 66.7 Å². The minimum absolute atomic E-state index is 0.0246. The minimum atomic E-state index is -1.29. The Morgan fingerprint density at radius 1 is 0.837 bits per heavy atom. The van der Waals surface area contributed by atoms with Gasteiger partial charge in [0, 0.05) is 12.5 Å². The van der Waals surface area contributed by atoms with Gasteiger partial charge in [0.15, 0.2) is 0 Å². The highest BCUT2D eigenvalue weighted by molar-refractivity contribution is 5.90. The van der Waals surface area contributed by atoms with E-state index in [0.717, 1.165) is 27.8 Å². The van der Waals surface area contributed by atoms with Crippen molar-refractivity contribution in [3.8, 4) is 11.1 Å². The third kappa shape index (κ3) is 6.80. The molecule has 224 valence electrons. The zero-order valence-electron chi connectivity index (χ0n) is 23.9. The van der Waals surface area contributed by atoms with Crippen molar-refractivity contribution in [2.24, 2.45) is 0 Å². The van der Waals surface area contributed by atoms with Gasteiger partial charge < -0.3 is 30.1 Å². The van der Waals surface area contributed by atoms with E-state index in [4.69, 9.17) is 9.47 Å². The standard InChI is InChI=1S/C33H35N3O7/c1-21(34-32(40)43-20-27-25-15-7-5-13-23(25)24-14-6-8-16-26(24)27)29(30(37)36-18-10-9-17-28(36)31(38)39)35-33(41)42-19-22-11-3-2-4-12-22/h2-8,11-16,21,27-29H,9-10,17-20H2,1H3,(H,34,40)(H,35,41)(H,38,39)/t21-,28+,29-/m1/s1. The zero-order valence-corrected chi connectivity index (χ0v) is 23.9. The summed E-state index contributed by atoms with van der Waals surface area (Å²) in [6.45, 7) is 1.83. The van der Waals surface area contributed by atoms with Crippen LogP contribution in [-0.2, 0) is 25.7 Å². The number of nitrogens with zero attached hydrogens (tertiary/aromatic N) is 1. The number of likely N-dealkylation sites (tertiary alicyclic amines) is 1. The number of hydrogen-bond acceptors (Lipinski definition) is 6. The van der Waals surface area contributed by atoms with Crippen LogP contribution in [0.4, 0.5) is 9.59 Å². The van der Waals surface area contributed by atoms with Gasteiger partial charge in [0.2, 0.25) is 5.91 Å². The molecule has 2 aliphatic rings. The van der Waals surface area contributed by atoms with Crippen molar-refractivity contribution in [2.75, 3.05) is 13.2 Å². The maximum Gasteiger partial charge on any atom is 0.408 e. The van der Waals surface area contributed by atoms with Crippen LogP contribution < -0.4 is 10.6 Å². The molecule has 3 amide bonds. The van der Waals surface area contributed by atoms with Crippen LogP contribution in [0.3, 0.4) is 0 Å². The van der Waals surface area contributed by atoms with Gasteiger partial charge in [0.25, 0.3) is 0 Å². The lowest BCUT2D eigenvalue weighted by Crippen LogP contribution is -2.61. The van der Waals surface area contributed by atoms with Gasteiger partial charge in [-0.1, -0.05) is 78.9 Å². The number of carboxylic acid groups (broad SMARTS) is 1. The van der Waals surface area contributed by atoms with Gasteiger partial charge in [-0.15, -0.1) is 0 Å². The molecule has 10 nitrogen and oxygen atoms in total. The van der Waals surface area contributed by atoms with Crippen molar-refractivity contribution in [1.82, 2.24) is 15.5 Å².